The molecule has 0 aliphatic heterocycles. The minimum absolute atomic E-state index is 0.165. The highest BCUT2D eigenvalue weighted by Gasteiger charge is 2.08. The van der Waals surface area contributed by atoms with E-state index in [0.29, 0.717) is 22.0 Å². The Morgan fingerprint density at radius 3 is 2.81 bits per heavy atom. The second-order valence-electron chi connectivity index (χ2n) is 4.49. The van der Waals surface area contributed by atoms with Crippen LogP contribution in [0.25, 0.3) is 0 Å². The van der Waals surface area contributed by atoms with Crippen molar-refractivity contribution in [3.05, 3.63) is 52.8 Å². The third kappa shape index (κ3) is 4.37. The van der Waals surface area contributed by atoms with Gasteiger partial charge in [0.15, 0.2) is 0 Å². The molecule has 0 spiro atoms. The van der Waals surface area contributed by atoms with E-state index in [1.807, 2.05) is 0 Å². The van der Waals surface area contributed by atoms with E-state index in [2.05, 4.69) is 5.32 Å². The summed E-state index contributed by atoms with van der Waals surface area (Å²) in [6, 6.07) is 9.67. The Hall–Kier alpha value is -1.72. The highest BCUT2D eigenvalue weighted by atomic mass is 35.5. The lowest BCUT2D eigenvalue weighted by molar-refractivity contribution is -0.113. The first-order valence-electron chi connectivity index (χ1n) is 6.19. The monoisotopic (exact) mass is 324 g/mol. The van der Waals surface area contributed by atoms with Crippen molar-refractivity contribution in [2.24, 2.45) is 0 Å². The molecule has 0 atom stereocenters. The number of nitrogens with two attached hydrogens (primary N) is 1. The Morgan fingerprint density at radius 2 is 2.10 bits per heavy atom. The Morgan fingerprint density at radius 1 is 1.33 bits per heavy atom. The van der Waals surface area contributed by atoms with E-state index < -0.39 is 0 Å². The number of benzene rings is 2. The maximum Gasteiger partial charge on any atom is 0.234 e. The van der Waals surface area contributed by atoms with Gasteiger partial charge >= 0.3 is 0 Å². The van der Waals surface area contributed by atoms with Gasteiger partial charge in [0.25, 0.3) is 0 Å². The summed E-state index contributed by atoms with van der Waals surface area (Å²) in [6.45, 7) is 1.67. The van der Waals surface area contributed by atoms with Crippen molar-refractivity contribution in [1.29, 1.82) is 0 Å². The fourth-order valence-corrected chi connectivity index (χ4v) is 2.71. The van der Waals surface area contributed by atoms with Gasteiger partial charge in [-0.3, -0.25) is 4.79 Å². The van der Waals surface area contributed by atoms with Crippen LogP contribution in [0.5, 0.6) is 0 Å². The quantitative estimate of drug-likeness (QED) is 0.657. The van der Waals surface area contributed by atoms with Crippen molar-refractivity contribution in [2.75, 3.05) is 16.8 Å². The minimum Gasteiger partial charge on any atom is -0.399 e. The zero-order valence-electron chi connectivity index (χ0n) is 11.3. The highest BCUT2D eigenvalue weighted by Crippen LogP contribution is 2.29. The summed E-state index contributed by atoms with van der Waals surface area (Å²) in [5, 5.41) is 3.18. The average Bonchev–Trinajstić information content (AvgIpc) is 2.44. The van der Waals surface area contributed by atoms with E-state index in [0.717, 1.165) is 4.90 Å². The smallest absolute Gasteiger partial charge is 0.234 e. The fraction of sp³-hybridized carbons (Fsp3) is 0.133. The third-order valence-corrected chi connectivity index (χ3v) is 4.27. The van der Waals surface area contributed by atoms with Crippen molar-refractivity contribution >= 4 is 40.6 Å². The first kappa shape index (κ1) is 15.7. The second kappa shape index (κ2) is 6.83. The van der Waals surface area contributed by atoms with Crippen molar-refractivity contribution in [3.63, 3.8) is 0 Å². The SMILES string of the molecule is Cc1ccc(NC(=O)CSc2cc(N)ccc2Cl)cc1F. The van der Waals surface area contributed by atoms with Crippen LogP contribution in [0.1, 0.15) is 5.56 Å². The molecule has 0 saturated heterocycles. The van der Waals surface area contributed by atoms with E-state index in [1.165, 1.54) is 17.8 Å². The van der Waals surface area contributed by atoms with Gasteiger partial charge in [-0.25, -0.2) is 4.39 Å². The van der Waals surface area contributed by atoms with Gasteiger partial charge in [0.1, 0.15) is 5.82 Å². The lowest BCUT2D eigenvalue weighted by atomic mass is 10.2. The van der Waals surface area contributed by atoms with Crippen LogP contribution in [-0.4, -0.2) is 11.7 Å². The van der Waals surface area contributed by atoms with Crippen LogP contribution < -0.4 is 11.1 Å². The molecule has 0 radical (unpaired) electrons. The number of nitrogens with one attached hydrogen (secondary N) is 1. The van der Waals surface area contributed by atoms with Crippen LogP contribution in [0.4, 0.5) is 15.8 Å². The lowest BCUT2D eigenvalue weighted by Gasteiger charge is -2.07. The standard InChI is InChI=1S/C15H14ClFN2OS/c1-9-2-4-11(7-13(9)17)19-15(20)8-21-14-6-10(18)3-5-12(14)16/h2-7H,8,18H2,1H3,(H,19,20). The van der Waals surface area contributed by atoms with Gasteiger partial charge in [0.05, 0.1) is 10.8 Å². The molecule has 0 aromatic heterocycles. The van der Waals surface area contributed by atoms with Crippen LogP contribution in [0.15, 0.2) is 41.3 Å². The molecule has 110 valence electrons. The zero-order valence-corrected chi connectivity index (χ0v) is 12.9. The Labute approximate surface area is 131 Å². The number of hydrogen-bond acceptors (Lipinski definition) is 3. The number of halogens is 2. The van der Waals surface area contributed by atoms with Crippen LogP contribution in [0.2, 0.25) is 5.02 Å². The van der Waals surface area contributed by atoms with Gasteiger partial charge in [0, 0.05) is 16.3 Å². The molecule has 0 saturated carbocycles. The van der Waals surface area contributed by atoms with E-state index in [4.69, 9.17) is 17.3 Å². The molecule has 0 aliphatic rings. The summed E-state index contributed by atoms with van der Waals surface area (Å²) >= 11 is 7.30. The van der Waals surface area contributed by atoms with Crippen molar-refractivity contribution in [2.45, 2.75) is 11.8 Å². The molecule has 1 amide bonds. The first-order valence-corrected chi connectivity index (χ1v) is 7.56. The molecule has 2 aromatic rings. The Bertz CT molecular complexity index is 679. The molecule has 2 aromatic carbocycles. The van der Waals surface area contributed by atoms with Gasteiger partial charge in [-0.1, -0.05) is 17.7 Å². The highest BCUT2D eigenvalue weighted by molar-refractivity contribution is 8.00. The molecule has 3 nitrogen and oxygen atoms in total. The first-order chi connectivity index (χ1) is 9.95. The van der Waals surface area contributed by atoms with Crippen LogP contribution in [0, 0.1) is 12.7 Å². The summed E-state index contributed by atoms with van der Waals surface area (Å²) < 4.78 is 13.4. The van der Waals surface area contributed by atoms with E-state index >= 15 is 0 Å². The number of anilines is 2. The molecule has 0 fully saturated rings. The number of thioether (sulfide) groups is 1. The molecular formula is C15H14ClFN2OS. The van der Waals surface area contributed by atoms with Gasteiger partial charge in [0.2, 0.25) is 5.91 Å². The molecule has 3 N–H and O–H groups in total. The predicted molar refractivity (Wildman–Crippen MR) is 86.4 cm³/mol. The number of amides is 1. The van der Waals surface area contributed by atoms with Crippen molar-refractivity contribution < 1.29 is 9.18 Å². The number of carbonyl (C=O) groups is 1. The summed E-state index contributed by atoms with van der Waals surface area (Å²) in [6.07, 6.45) is 0. The predicted octanol–water partition coefficient (Wildman–Crippen LogP) is 4.10. The van der Waals surface area contributed by atoms with Crippen molar-refractivity contribution in [1.82, 2.24) is 0 Å². The second-order valence-corrected chi connectivity index (χ2v) is 5.92. The maximum atomic E-state index is 13.4. The average molecular weight is 325 g/mol. The molecule has 21 heavy (non-hydrogen) atoms. The number of aryl methyl sites for hydroxylation is 1. The summed E-state index contributed by atoms with van der Waals surface area (Å²) in [5.41, 5.74) is 7.23. The van der Waals surface area contributed by atoms with E-state index in [-0.39, 0.29) is 17.5 Å². The largest absolute Gasteiger partial charge is 0.399 e. The van der Waals surface area contributed by atoms with Gasteiger partial charge in [-0.2, -0.15) is 0 Å². The van der Waals surface area contributed by atoms with E-state index in [1.54, 1.807) is 37.3 Å². The molecule has 0 aliphatic carbocycles. The molecule has 2 rings (SSSR count). The molecule has 0 unspecified atom stereocenters. The van der Waals surface area contributed by atoms with Crippen LogP contribution >= 0.6 is 23.4 Å². The lowest BCUT2D eigenvalue weighted by Crippen LogP contribution is -2.14. The van der Waals surface area contributed by atoms with E-state index in [9.17, 15) is 9.18 Å². The maximum absolute atomic E-state index is 13.4. The number of carbonyl (C=O) groups excluding carboxylic acids is 1. The molecule has 0 bridgehead atoms. The van der Waals surface area contributed by atoms with Gasteiger partial charge in [-0.05, 0) is 42.8 Å². The Balaban J connectivity index is 1.95. The number of rotatable bonds is 4. The van der Waals surface area contributed by atoms with Crippen LogP contribution in [-0.2, 0) is 4.79 Å². The molecule has 0 heterocycles. The summed E-state index contributed by atoms with van der Waals surface area (Å²) in [7, 11) is 0. The summed E-state index contributed by atoms with van der Waals surface area (Å²) in [5.74, 6) is -0.417. The minimum atomic E-state index is -0.348. The number of nitrogen functional groups attached to an aromatic ring is 1. The Kier molecular flexibility index (Phi) is 5.09. The van der Waals surface area contributed by atoms with Gasteiger partial charge < -0.3 is 11.1 Å². The topological polar surface area (TPSA) is 55.1 Å². The fourth-order valence-electron chi connectivity index (χ4n) is 1.64. The molecular weight excluding hydrogens is 311 g/mol. The normalized spacial score (nSPS) is 10.4. The summed E-state index contributed by atoms with van der Waals surface area (Å²) in [4.78, 5) is 12.6. The van der Waals surface area contributed by atoms with Gasteiger partial charge in [-0.15, -0.1) is 11.8 Å². The number of hydrogen-bond donors (Lipinski definition) is 2. The van der Waals surface area contributed by atoms with Crippen molar-refractivity contribution in [3.8, 4) is 0 Å². The van der Waals surface area contributed by atoms with Crippen LogP contribution in [0.3, 0.4) is 0 Å². The molecule has 6 heteroatoms. The third-order valence-electron chi connectivity index (χ3n) is 2.77. The zero-order chi connectivity index (χ0) is 15.4.